The van der Waals surface area contributed by atoms with Gasteiger partial charge < -0.3 is 4.74 Å². The molecule has 0 bridgehead atoms. The van der Waals surface area contributed by atoms with Crippen molar-refractivity contribution in [3.63, 3.8) is 0 Å². The molecule has 3 atom stereocenters. The van der Waals surface area contributed by atoms with Gasteiger partial charge in [-0.25, -0.2) is 0 Å². The van der Waals surface area contributed by atoms with Crippen molar-refractivity contribution in [1.82, 2.24) is 4.90 Å². The fourth-order valence-electron chi connectivity index (χ4n) is 5.08. The Labute approximate surface area is 196 Å². The van der Waals surface area contributed by atoms with Crippen LogP contribution in [-0.2, 0) is 16.9 Å². The zero-order valence-electron chi connectivity index (χ0n) is 18.8. The van der Waals surface area contributed by atoms with Gasteiger partial charge in [0, 0.05) is 6.04 Å². The van der Waals surface area contributed by atoms with Crippen molar-refractivity contribution in [1.29, 1.82) is 0 Å². The predicted molar refractivity (Wildman–Crippen MR) is 135 cm³/mol. The van der Waals surface area contributed by atoms with Crippen LogP contribution in [0.3, 0.4) is 0 Å². The maximum absolute atomic E-state index is 6.22. The minimum Gasteiger partial charge on any atom is -0.375 e. The van der Waals surface area contributed by atoms with E-state index in [1.54, 1.807) is 0 Å². The van der Waals surface area contributed by atoms with Crippen LogP contribution in [0.15, 0.2) is 134 Å². The van der Waals surface area contributed by atoms with E-state index in [1.165, 1.54) is 22.3 Å². The van der Waals surface area contributed by atoms with Crippen molar-refractivity contribution in [2.24, 2.45) is 0 Å². The molecule has 5 rings (SSSR count). The number of nitrogens with zero attached hydrogens (tertiary/aromatic N) is 1. The van der Waals surface area contributed by atoms with Gasteiger partial charge in [-0.2, -0.15) is 0 Å². The summed E-state index contributed by atoms with van der Waals surface area (Å²) in [5.74, 6) is 0. The van der Waals surface area contributed by atoms with Gasteiger partial charge in [-0.3, -0.25) is 4.90 Å². The Morgan fingerprint density at radius 1 is 0.667 bits per heavy atom. The lowest BCUT2D eigenvalue weighted by atomic mass is 9.76. The first kappa shape index (κ1) is 21.4. The van der Waals surface area contributed by atoms with Gasteiger partial charge >= 0.3 is 0 Å². The molecule has 164 valence electrons. The van der Waals surface area contributed by atoms with Crippen molar-refractivity contribution in [3.05, 3.63) is 156 Å². The lowest BCUT2D eigenvalue weighted by molar-refractivity contribution is 0.107. The summed E-state index contributed by atoms with van der Waals surface area (Å²) in [6.07, 6.45) is 2.07. The van der Waals surface area contributed by atoms with Gasteiger partial charge in [-0.05, 0) is 22.3 Å². The molecule has 0 amide bonds. The Bertz CT molecular complexity index is 1060. The summed E-state index contributed by atoms with van der Waals surface area (Å²) in [7, 11) is 0. The van der Waals surface area contributed by atoms with Gasteiger partial charge in [0.2, 0.25) is 0 Å². The Kier molecular flexibility index (Phi) is 6.21. The molecule has 0 aliphatic carbocycles. The van der Waals surface area contributed by atoms with E-state index in [0.29, 0.717) is 13.2 Å². The quantitative estimate of drug-likeness (QED) is 0.172. The second-order valence-corrected chi connectivity index (χ2v) is 8.51. The molecule has 1 aliphatic heterocycles. The molecule has 1 saturated heterocycles. The lowest BCUT2D eigenvalue weighted by Gasteiger charge is -2.38. The highest BCUT2D eigenvalue weighted by atomic mass is 16.5. The Morgan fingerprint density at radius 3 is 1.52 bits per heavy atom. The molecule has 4 aromatic carbocycles. The highest BCUT2D eigenvalue weighted by molar-refractivity contribution is 5.52. The molecule has 4 aromatic rings. The molecule has 0 radical (unpaired) electrons. The molecular weight excluding hydrogens is 402 g/mol. The molecule has 1 heterocycles. The fraction of sp³-hybridized carbons (Fsp3) is 0.161. The summed E-state index contributed by atoms with van der Waals surface area (Å²) >= 11 is 0. The molecule has 33 heavy (non-hydrogen) atoms. The average molecular weight is 432 g/mol. The molecule has 1 unspecified atom stereocenters. The van der Waals surface area contributed by atoms with E-state index in [1.807, 2.05) is 6.07 Å². The molecule has 2 heteroatoms. The molecule has 0 aromatic heterocycles. The number of benzene rings is 4. The summed E-state index contributed by atoms with van der Waals surface area (Å²) < 4.78 is 6.22. The van der Waals surface area contributed by atoms with Gasteiger partial charge in [0.1, 0.15) is 0 Å². The Hall–Kier alpha value is -3.46. The first-order valence-electron chi connectivity index (χ1n) is 11.5. The molecule has 0 N–H and O–H groups in total. The van der Waals surface area contributed by atoms with Crippen LogP contribution in [0.5, 0.6) is 0 Å². The van der Waals surface area contributed by atoms with Crippen LogP contribution >= 0.6 is 0 Å². The number of ether oxygens (including phenoxy) is 1. The molecule has 0 saturated carbocycles. The summed E-state index contributed by atoms with van der Waals surface area (Å²) in [5, 5.41) is 0. The van der Waals surface area contributed by atoms with E-state index in [2.05, 4.69) is 133 Å². The topological polar surface area (TPSA) is 12.2 Å². The van der Waals surface area contributed by atoms with Crippen molar-refractivity contribution in [2.45, 2.75) is 24.2 Å². The van der Waals surface area contributed by atoms with Crippen LogP contribution in [0.25, 0.3) is 0 Å². The molecule has 0 spiro atoms. The van der Waals surface area contributed by atoms with E-state index in [9.17, 15) is 0 Å². The van der Waals surface area contributed by atoms with Crippen LogP contribution in [0.4, 0.5) is 0 Å². The largest absolute Gasteiger partial charge is 0.375 e. The molecule has 1 fully saturated rings. The summed E-state index contributed by atoms with van der Waals surface area (Å²) in [6.45, 7) is 5.45. The highest BCUT2D eigenvalue weighted by Gasteiger charge is 2.59. The average Bonchev–Trinajstić information content (AvgIpc) is 3.60. The maximum atomic E-state index is 6.22. The van der Waals surface area contributed by atoms with E-state index in [4.69, 9.17) is 4.74 Å². The molecular formula is C31H29NO. The summed E-state index contributed by atoms with van der Waals surface area (Å²) in [6, 6.07) is 43.3. The van der Waals surface area contributed by atoms with Crippen molar-refractivity contribution in [3.8, 4) is 0 Å². The van der Waals surface area contributed by atoms with Gasteiger partial charge in [0.05, 0.1) is 24.8 Å². The number of hydrogen-bond donors (Lipinski definition) is 0. The van der Waals surface area contributed by atoms with Crippen molar-refractivity contribution in [2.75, 3.05) is 6.61 Å². The summed E-state index contributed by atoms with van der Waals surface area (Å²) in [5.41, 5.74) is 4.52. The second-order valence-electron chi connectivity index (χ2n) is 8.51. The van der Waals surface area contributed by atoms with Crippen LogP contribution in [0.1, 0.15) is 22.3 Å². The second kappa shape index (κ2) is 9.58. The SMILES string of the molecule is C=C[C@@H]1[C@H](COCc2ccccc2)N1C(c1ccccc1)(c1ccccc1)c1ccccc1. The Morgan fingerprint density at radius 2 is 1.09 bits per heavy atom. The monoisotopic (exact) mass is 431 g/mol. The first-order chi connectivity index (χ1) is 16.4. The highest BCUT2D eigenvalue weighted by Crippen LogP contribution is 2.51. The van der Waals surface area contributed by atoms with Crippen molar-refractivity contribution >= 4 is 0 Å². The van der Waals surface area contributed by atoms with Gasteiger partial charge in [0.15, 0.2) is 0 Å². The van der Waals surface area contributed by atoms with Crippen LogP contribution in [0.2, 0.25) is 0 Å². The Balaban J connectivity index is 1.56. The maximum Gasteiger partial charge on any atom is 0.0982 e. The number of rotatable bonds is 9. The van der Waals surface area contributed by atoms with E-state index < -0.39 is 5.54 Å². The minimum absolute atomic E-state index is 0.224. The fourth-order valence-corrected chi connectivity index (χ4v) is 5.08. The first-order valence-corrected chi connectivity index (χ1v) is 11.5. The standard InChI is InChI=1S/C31H29NO/c1-2-29-30(24-33-23-25-15-7-3-8-16-25)32(29)31(26-17-9-4-10-18-26,27-19-11-5-12-20-27)28-21-13-6-14-22-28/h2-22,29-30H,1,23-24H2/t29-,30+,32?/m1/s1. The third-order valence-corrected chi connectivity index (χ3v) is 6.59. The third kappa shape index (κ3) is 4.04. The normalized spacial score (nSPS) is 19.7. The van der Waals surface area contributed by atoms with Crippen LogP contribution < -0.4 is 0 Å². The van der Waals surface area contributed by atoms with Gasteiger partial charge in [0.25, 0.3) is 0 Å². The summed E-state index contributed by atoms with van der Waals surface area (Å²) in [4.78, 5) is 2.56. The third-order valence-electron chi connectivity index (χ3n) is 6.59. The van der Waals surface area contributed by atoms with Crippen LogP contribution in [-0.4, -0.2) is 23.6 Å². The zero-order valence-corrected chi connectivity index (χ0v) is 18.8. The van der Waals surface area contributed by atoms with Crippen molar-refractivity contribution < 1.29 is 4.74 Å². The number of hydrogen-bond acceptors (Lipinski definition) is 2. The van der Waals surface area contributed by atoms with E-state index in [0.717, 1.165) is 0 Å². The zero-order chi connectivity index (χ0) is 22.5. The van der Waals surface area contributed by atoms with Crippen LogP contribution in [0, 0.1) is 0 Å². The molecule has 2 nitrogen and oxygen atoms in total. The smallest absolute Gasteiger partial charge is 0.0982 e. The minimum atomic E-state index is -0.427. The lowest BCUT2D eigenvalue weighted by Crippen LogP contribution is -2.40. The van der Waals surface area contributed by atoms with E-state index in [-0.39, 0.29) is 12.1 Å². The van der Waals surface area contributed by atoms with Gasteiger partial charge in [-0.1, -0.05) is 127 Å². The van der Waals surface area contributed by atoms with E-state index >= 15 is 0 Å². The van der Waals surface area contributed by atoms with Gasteiger partial charge in [-0.15, -0.1) is 6.58 Å². The molecule has 1 aliphatic rings. The predicted octanol–water partition coefficient (Wildman–Crippen LogP) is 6.43.